The van der Waals surface area contributed by atoms with Crippen LogP contribution in [0.4, 0.5) is 10.5 Å². The molecule has 1 aromatic heterocycles. The molecule has 30 heavy (non-hydrogen) atoms. The van der Waals surface area contributed by atoms with Crippen molar-refractivity contribution < 1.29 is 13.2 Å². The number of nitrogens with one attached hydrogen (secondary N) is 2. The van der Waals surface area contributed by atoms with Crippen molar-refractivity contribution in [1.29, 1.82) is 0 Å². The summed E-state index contributed by atoms with van der Waals surface area (Å²) in [5.41, 5.74) is 4.47. The van der Waals surface area contributed by atoms with E-state index in [1.54, 1.807) is 35.6 Å². The van der Waals surface area contributed by atoms with Gasteiger partial charge in [0.25, 0.3) is 10.0 Å². The summed E-state index contributed by atoms with van der Waals surface area (Å²) in [6.07, 6.45) is 0. The number of aromatic nitrogens is 1. The topological polar surface area (TPSA) is 88.2 Å². The average molecular weight is 438 g/mol. The van der Waals surface area contributed by atoms with Crippen LogP contribution in [0.1, 0.15) is 11.1 Å². The lowest BCUT2D eigenvalue weighted by atomic mass is 10.2. The first-order chi connectivity index (χ1) is 14.3. The van der Waals surface area contributed by atoms with Crippen LogP contribution in [0.15, 0.2) is 71.6 Å². The Labute approximate surface area is 178 Å². The van der Waals surface area contributed by atoms with Crippen LogP contribution in [0.3, 0.4) is 0 Å². The molecule has 1 heterocycles. The molecule has 0 radical (unpaired) electrons. The van der Waals surface area contributed by atoms with Crippen molar-refractivity contribution in [3.8, 4) is 10.6 Å². The number of nitrogens with zero attached hydrogens (tertiary/aromatic N) is 1. The molecule has 0 aliphatic rings. The van der Waals surface area contributed by atoms with E-state index in [0.717, 1.165) is 26.4 Å². The first kappa shape index (κ1) is 20.1. The van der Waals surface area contributed by atoms with Crippen LogP contribution in [-0.2, 0) is 10.0 Å². The maximum Gasteiger partial charge on any atom is 0.333 e. The van der Waals surface area contributed by atoms with Crippen LogP contribution >= 0.6 is 11.3 Å². The van der Waals surface area contributed by atoms with Crippen LogP contribution in [0.25, 0.3) is 20.8 Å². The number of hydrogen-bond acceptors (Lipinski definition) is 5. The third-order valence-corrected chi connectivity index (χ3v) is 6.91. The summed E-state index contributed by atoms with van der Waals surface area (Å²) < 4.78 is 27.8. The Kier molecular flexibility index (Phi) is 5.27. The SMILES string of the molecule is Cc1ccc(S(=O)(=O)NC(=O)Nc2ccc(-c3nc4ccc(C)cc4s3)cc2)cc1. The van der Waals surface area contributed by atoms with E-state index in [9.17, 15) is 13.2 Å². The third kappa shape index (κ3) is 4.34. The molecule has 4 rings (SSSR count). The fourth-order valence-corrected chi connectivity index (χ4v) is 4.88. The molecule has 0 spiro atoms. The zero-order valence-electron chi connectivity index (χ0n) is 16.3. The van der Waals surface area contributed by atoms with Crippen LogP contribution in [0.2, 0.25) is 0 Å². The van der Waals surface area contributed by atoms with Gasteiger partial charge in [0.15, 0.2) is 0 Å². The largest absolute Gasteiger partial charge is 0.333 e. The van der Waals surface area contributed by atoms with Crippen LogP contribution in [0.5, 0.6) is 0 Å². The summed E-state index contributed by atoms with van der Waals surface area (Å²) in [5, 5.41) is 3.43. The third-order valence-electron chi connectivity index (χ3n) is 4.49. The summed E-state index contributed by atoms with van der Waals surface area (Å²) in [6, 6.07) is 18.7. The van der Waals surface area contributed by atoms with E-state index in [1.165, 1.54) is 17.7 Å². The molecule has 3 aromatic carbocycles. The standard InChI is InChI=1S/C22H19N3O3S2/c1-14-3-10-18(11-4-14)30(27,28)25-22(26)23-17-8-6-16(7-9-17)21-24-19-12-5-15(2)13-20(19)29-21/h3-13H,1-2H3,(H2,23,25,26). The van der Waals surface area contributed by atoms with Crippen molar-refractivity contribution in [3.05, 3.63) is 77.9 Å². The van der Waals surface area contributed by atoms with Gasteiger partial charge in [-0.3, -0.25) is 0 Å². The van der Waals surface area contributed by atoms with E-state index in [0.29, 0.717) is 5.69 Å². The Morgan fingerprint density at radius 3 is 2.27 bits per heavy atom. The van der Waals surface area contributed by atoms with Gasteiger partial charge in [0, 0.05) is 11.3 Å². The lowest BCUT2D eigenvalue weighted by molar-refractivity contribution is 0.256. The Hall–Kier alpha value is -3.23. The highest BCUT2D eigenvalue weighted by Gasteiger charge is 2.17. The number of carbonyl (C=O) groups is 1. The van der Waals surface area contributed by atoms with E-state index in [4.69, 9.17) is 0 Å². The molecule has 0 bridgehead atoms. The van der Waals surface area contributed by atoms with Crippen molar-refractivity contribution >= 4 is 43.3 Å². The first-order valence-corrected chi connectivity index (χ1v) is 11.5. The first-order valence-electron chi connectivity index (χ1n) is 9.18. The minimum Gasteiger partial charge on any atom is -0.307 e. The number of urea groups is 1. The smallest absolute Gasteiger partial charge is 0.307 e. The second kappa shape index (κ2) is 7.89. The maximum absolute atomic E-state index is 12.3. The van der Waals surface area contributed by atoms with Crippen molar-refractivity contribution in [2.75, 3.05) is 5.32 Å². The number of thiazole rings is 1. The number of amides is 2. The molecule has 0 unspecified atom stereocenters. The predicted molar refractivity (Wildman–Crippen MR) is 120 cm³/mol. The van der Waals surface area contributed by atoms with E-state index >= 15 is 0 Å². The van der Waals surface area contributed by atoms with Gasteiger partial charge in [0.05, 0.1) is 15.1 Å². The van der Waals surface area contributed by atoms with Gasteiger partial charge in [0.1, 0.15) is 5.01 Å². The van der Waals surface area contributed by atoms with E-state index < -0.39 is 16.1 Å². The Balaban J connectivity index is 1.46. The van der Waals surface area contributed by atoms with E-state index in [-0.39, 0.29) is 4.90 Å². The minimum atomic E-state index is -3.94. The van der Waals surface area contributed by atoms with Gasteiger partial charge < -0.3 is 5.32 Å². The Morgan fingerprint density at radius 1 is 0.900 bits per heavy atom. The van der Waals surface area contributed by atoms with Crippen molar-refractivity contribution in [3.63, 3.8) is 0 Å². The van der Waals surface area contributed by atoms with Gasteiger partial charge in [-0.05, 0) is 67.9 Å². The second-order valence-electron chi connectivity index (χ2n) is 6.94. The number of benzene rings is 3. The van der Waals surface area contributed by atoms with Gasteiger partial charge >= 0.3 is 6.03 Å². The molecule has 2 N–H and O–H groups in total. The van der Waals surface area contributed by atoms with E-state index in [2.05, 4.69) is 16.4 Å². The van der Waals surface area contributed by atoms with Crippen LogP contribution in [-0.4, -0.2) is 19.4 Å². The highest BCUT2D eigenvalue weighted by atomic mass is 32.2. The molecule has 0 saturated carbocycles. The Morgan fingerprint density at radius 2 is 1.57 bits per heavy atom. The van der Waals surface area contributed by atoms with Gasteiger partial charge in [0.2, 0.25) is 0 Å². The number of hydrogen-bond donors (Lipinski definition) is 2. The molecule has 2 amide bonds. The lowest BCUT2D eigenvalue weighted by Crippen LogP contribution is -2.34. The van der Waals surface area contributed by atoms with Crippen molar-refractivity contribution in [2.24, 2.45) is 0 Å². The molecular formula is C22H19N3O3S2. The zero-order valence-corrected chi connectivity index (χ0v) is 18.0. The Bertz CT molecular complexity index is 1330. The summed E-state index contributed by atoms with van der Waals surface area (Å²) >= 11 is 1.60. The van der Waals surface area contributed by atoms with Crippen molar-refractivity contribution in [1.82, 2.24) is 9.71 Å². The summed E-state index contributed by atoms with van der Waals surface area (Å²) in [5.74, 6) is 0. The lowest BCUT2D eigenvalue weighted by Gasteiger charge is -2.09. The minimum absolute atomic E-state index is 0.0321. The fraction of sp³-hybridized carbons (Fsp3) is 0.0909. The number of fused-ring (bicyclic) bond motifs is 1. The predicted octanol–water partition coefficient (Wildman–Crippen LogP) is 5.09. The number of rotatable bonds is 4. The number of anilines is 1. The molecule has 8 heteroatoms. The molecule has 0 aliphatic carbocycles. The normalized spacial score (nSPS) is 11.4. The monoisotopic (exact) mass is 437 g/mol. The highest BCUT2D eigenvalue weighted by molar-refractivity contribution is 7.90. The summed E-state index contributed by atoms with van der Waals surface area (Å²) in [4.78, 5) is 16.8. The molecular weight excluding hydrogens is 418 g/mol. The average Bonchev–Trinajstić information content (AvgIpc) is 3.11. The zero-order chi connectivity index (χ0) is 21.3. The fourth-order valence-electron chi connectivity index (χ4n) is 2.91. The molecule has 6 nitrogen and oxygen atoms in total. The van der Waals surface area contributed by atoms with Gasteiger partial charge in [-0.1, -0.05) is 23.8 Å². The van der Waals surface area contributed by atoms with Gasteiger partial charge in [-0.15, -0.1) is 11.3 Å². The second-order valence-corrected chi connectivity index (χ2v) is 9.65. The maximum atomic E-state index is 12.3. The molecule has 0 saturated heterocycles. The molecule has 152 valence electrons. The molecule has 0 atom stereocenters. The van der Waals surface area contributed by atoms with Crippen LogP contribution in [0, 0.1) is 13.8 Å². The van der Waals surface area contributed by atoms with Crippen molar-refractivity contribution in [2.45, 2.75) is 18.7 Å². The number of carbonyl (C=O) groups excluding carboxylic acids is 1. The quantitative estimate of drug-likeness (QED) is 0.465. The summed E-state index contributed by atoms with van der Waals surface area (Å²) in [6.45, 7) is 3.90. The molecule has 4 aromatic rings. The molecule has 0 aliphatic heterocycles. The molecule has 0 fully saturated rings. The number of sulfonamides is 1. The van der Waals surface area contributed by atoms with Gasteiger partial charge in [-0.2, -0.15) is 0 Å². The highest BCUT2D eigenvalue weighted by Crippen LogP contribution is 2.31. The van der Waals surface area contributed by atoms with Crippen LogP contribution < -0.4 is 10.0 Å². The van der Waals surface area contributed by atoms with E-state index in [1.807, 2.05) is 42.8 Å². The van der Waals surface area contributed by atoms with Gasteiger partial charge in [-0.25, -0.2) is 22.9 Å². The summed E-state index contributed by atoms with van der Waals surface area (Å²) in [7, 11) is -3.94. The number of aryl methyl sites for hydroxylation is 2.